The molecule has 9 heteroatoms. The number of fused-ring (bicyclic) bond motifs is 1. The van der Waals surface area contributed by atoms with E-state index in [1.165, 1.54) is 5.56 Å². The second-order valence-corrected chi connectivity index (χ2v) is 13.4. The third-order valence-corrected chi connectivity index (χ3v) is 10.3. The van der Waals surface area contributed by atoms with Gasteiger partial charge in [0.15, 0.2) is 15.5 Å². The molecule has 5 aromatic rings. The Hall–Kier alpha value is -4.34. The molecule has 3 heterocycles. The number of pyridine rings is 1. The maximum atomic E-state index is 14.2. The molecule has 0 bridgehead atoms. The minimum absolute atomic E-state index is 0.0201. The third kappa shape index (κ3) is 5.70. The van der Waals surface area contributed by atoms with Crippen molar-refractivity contribution in [2.45, 2.75) is 37.5 Å². The summed E-state index contributed by atoms with van der Waals surface area (Å²) in [7, 11) is -1.30. The van der Waals surface area contributed by atoms with E-state index >= 15 is 0 Å². The van der Waals surface area contributed by atoms with Gasteiger partial charge in [0.2, 0.25) is 5.95 Å². The highest BCUT2D eigenvalue weighted by molar-refractivity contribution is 7.91. The average molecular weight is 594 g/mol. The Morgan fingerprint density at radius 2 is 1.65 bits per heavy atom. The number of para-hydroxylation sites is 1. The summed E-state index contributed by atoms with van der Waals surface area (Å²) in [5, 5.41) is 3.96. The lowest BCUT2D eigenvalue weighted by molar-refractivity contribution is 0.255. The molecule has 0 atom stereocenters. The van der Waals surface area contributed by atoms with Crippen molar-refractivity contribution in [1.29, 1.82) is 0 Å². The molecule has 2 aromatic heterocycles. The van der Waals surface area contributed by atoms with Gasteiger partial charge >= 0.3 is 0 Å². The van der Waals surface area contributed by atoms with Crippen molar-refractivity contribution in [3.05, 3.63) is 107 Å². The molecule has 1 aliphatic heterocycles. The van der Waals surface area contributed by atoms with E-state index in [1.807, 2.05) is 30.3 Å². The fraction of sp³-hybridized carbons (Fsp3) is 0.265. The van der Waals surface area contributed by atoms with Crippen molar-refractivity contribution in [3.8, 4) is 16.8 Å². The lowest BCUT2D eigenvalue weighted by Crippen LogP contribution is -2.29. The number of aromatic nitrogens is 3. The molecule has 0 radical (unpaired) electrons. The second kappa shape index (κ2) is 11.7. The lowest BCUT2D eigenvalue weighted by atomic mass is 9.89. The van der Waals surface area contributed by atoms with Gasteiger partial charge in [-0.1, -0.05) is 49.4 Å². The van der Waals surface area contributed by atoms with Gasteiger partial charge in [0.25, 0.3) is 5.56 Å². The number of hydrogen-bond acceptors (Lipinski definition) is 7. The van der Waals surface area contributed by atoms with E-state index in [4.69, 9.17) is 4.98 Å². The van der Waals surface area contributed by atoms with E-state index in [0.717, 1.165) is 31.6 Å². The number of likely N-dealkylation sites (tertiary alicyclic amines) is 1. The molecule has 220 valence electrons. The van der Waals surface area contributed by atoms with Gasteiger partial charge in [-0.15, -0.1) is 0 Å². The monoisotopic (exact) mass is 593 g/mol. The summed E-state index contributed by atoms with van der Waals surface area (Å²) in [5.74, 6) is 0.931. The standard InChI is InChI=1S/C34H35N5O3S/c1-4-43(41,42)31-12-8-11-29(23(31)2)30-21-26-22-35-34(37-32(26)39(33(30)40)28-9-6-5-7-10-28)36-27-15-13-24(14-16-27)25-17-19-38(3)20-18-25/h5-16,21-22,25H,4,17-20H2,1-3H3,(H,35,36,37). The molecule has 6 rings (SSSR count). The maximum absolute atomic E-state index is 14.2. The molecule has 1 saturated heterocycles. The number of rotatable bonds is 7. The molecular weight excluding hydrogens is 558 g/mol. The summed E-state index contributed by atoms with van der Waals surface area (Å²) in [6, 6.07) is 24.6. The van der Waals surface area contributed by atoms with E-state index in [1.54, 1.807) is 48.9 Å². The van der Waals surface area contributed by atoms with Crippen molar-refractivity contribution in [1.82, 2.24) is 19.4 Å². The van der Waals surface area contributed by atoms with Gasteiger partial charge in [0.05, 0.1) is 16.3 Å². The second-order valence-electron chi connectivity index (χ2n) is 11.2. The molecule has 0 spiro atoms. The summed E-state index contributed by atoms with van der Waals surface area (Å²) in [5.41, 5.74) is 4.52. The quantitative estimate of drug-likeness (QED) is 0.243. The molecule has 0 amide bonds. The van der Waals surface area contributed by atoms with Crippen LogP contribution in [-0.2, 0) is 9.84 Å². The van der Waals surface area contributed by atoms with E-state index < -0.39 is 9.84 Å². The zero-order valence-corrected chi connectivity index (χ0v) is 25.4. The molecule has 1 aliphatic rings. The van der Waals surface area contributed by atoms with Gasteiger partial charge in [0.1, 0.15) is 0 Å². The van der Waals surface area contributed by atoms with Gasteiger partial charge in [-0.3, -0.25) is 9.36 Å². The van der Waals surface area contributed by atoms with E-state index in [9.17, 15) is 13.2 Å². The normalized spacial score (nSPS) is 14.7. The van der Waals surface area contributed by atoms with Crippen LogP contribution in [0.2, 0.25) is 0 Å². The van der Waals surface area contributed by atoms with Crippen molar-refractivity contribution < 1.29 is 8.42 Å². The number of sulfone groups is 1. The van der Waals surface area contributed by atoms with E-state index in [-0.39, 0.29) is 16.2 Å². The average Bonchev–Trinajstić information content (AvgIpc) is 3.02. The van der Waals surface area contributed by atoms with Crippen molar-refractivity contribution in [2.75, 3.05) is 31.2 Å². The Morgan fingerprint density at radius 1 is 0.930 bits per heavy atom. The largest absolute Gasteiger partial charge is 0.324 e. The minimum atomic E-state index is -3.47. The molecule has 1 N–H and O–H groups in total. The highest BCUT2D eigenvalue weighted by Gasteiger charge is 2.21. The molecule has 8 nitrogen and oxygen atoms in total. The number of piperidine rings is 1. The minimum Gasteiger partial charge on any atom is -0.324 e. The Morgan fingerprint density at radius 3 is 2.35 bits per heavy atom. The third-order valence-electron chi connectivity index (χ3n) is 8.40. The predicted octanol–water partition coefficient (Wildman–Crippen LogP) is 6.10. The Bertz CT molecular complexity index is 1950. The number of nitrogens with one attached hydrogen (secondary N) is 1. The van der Waals surface area contributed by atoms with Gasteiger partial charge in [-0.2, -0.15) is 4.98 Å². The van der Waals surface area contributed by atoms with Crippen LogP contribution >= 0.6 is 0 Å². The number of benzene rings is 3. The number of anilines is 2. The van der Waals surface area contributed by atoms with Crippen LogP contribution in [0.5, 0.6) is 0 Å². The fourth-order valence-corrected chi connectivity index (χ4v) is 7.05. The summed E-state index contributed by atoms with van der Waals surface area (Å²) < 4.78 is 27.1. The number of hydrogen-bond donors (Lipinski definition) is 1. The van der Waals surface area contributed by atoms with Crippen LogP contribution in [0.15, 0.2) is 94.7 Å². The first-order valence-electron chi connectivity index (χ1n) is 14.6. The highest BCUT2D eigenvalue weighted by Crippen LogP contribution is 2.31. The topological polar surface area (TPSA) is 97.2 Å². The van der Waals surface area contributed by atoms with Gasteiger partial charge in [-0.05, 0) is 98.9 Å². The van der Waals surface area contributed by atoms with Gasteiger partial charge in [-0.25, -0.2) is 13.4 Å². The summed E-state index contributed by atoms with van der Waals surface area (Å²) in [6.45, 7) is 5.59. The zero-order chi connectivity index (χ0) is 30.1. The molecule has 0 saturated carbocycles. The Balaban J connectivity index is 1.42. The predicted molar refractivity (Wildman–Crippen MR) is 172 cm³/mol. The molecule has 3 aromatic carbocycles. The van der Waals surface area contributed by atoms with Crippen LogP contribution in [-0.4, -0.2) is 53.7 Å². The van der Waals surface area contributed by atoms with Crippen molar-refractivity contribution in [2.24, 2.45) is 0 Å². The molecule has 43 heavy (non-hydrogen) atoms. The zero-order valence-electron chi connectivity index (χ0n) is 24.6. The summed E-state index contributed by atoms with van der Waals surface area (Å²) in [6.07, 6.45) is 4.02. The van der Waals surface area contributed by atoms with Gasteiger partial charge < -0.3 is 10.2 Å². The SMILES string of the molecule is CCS(=O)(=O)c1cccc(-c2cc3cnc(Nc4ccc(C5CCN(C)CC5)cc4)nc3n(-c3ccccc3)c2=O)c1C. The van der Waals surface area contributed by atoms with E-state index in [2.05, 4.69) is 46.5 Å². The van der Waals surface area contributed by atoms with Crippen LogP contribution in [0.4, 0.5) is 11.6 Å². The van der Waals surface area contributed by atoms with Crippen LogP contribution < -0.4 is 10.9 Å². The molecule has 1 fully saturated rings. The molecule has 0 unspecified atom stereocenters. The Kier molecular flexibility index (Phi) is 7.85. The van der Waals surface area contributed by atoms with Crippen LogP contribution in [0.25, 0.3) is 27.8 Å². The summed E-state index contributed by atoms with van der Waals surface area (Å²) in [4.78, 5) is 26.1. The molecular formula is C34H35N5O3S. The molecule has 0 aliphatic carbocycles. The van der Waals surface area contributed by atoms with Crippen LogP contribution in [0.1, 0.15) is 36.8 Å². The first kappa shape index (κ1) is 28.8. The van der Waals surface area contributed by atoms with E-state index in [0.29, 0.717) is 45.3 Å². The fourth-order valence-electron chi connectivity index (χ4n) is 5.88. The smallest absolute Gasteiger partial charge is 0.264 e. The first-order valence-corrected chi connectivity index (χ1v) is 16.3. The maximum Gasteiger partial charge on any atom is 0.264 e. The van der Waals surface area contributed by atoms with Crippen LogP contribution in [0.3, 0.4) is 0 Å². The van der Waals surface area contributed by atoms with Crippen LogP contribution in [0, 0.1) is 6.92 Å². The first-order chi connectivity index (χ1) is 20.7. The summed E-state index contributed by atoms with van der Waals surface area (Å²) >= 11 is 0. The Labute approximate surface area is 252 Å². The lowest BCUT2D eigenvalue weighted by Gasteiger charge is -2.29. The highest BCUT2D eigenvalue weighted by atomic mass is 32.2. The van der Waals surface area contributed by atoms with Crippen molar-refractivity contribution in [3.63, 3.8) is 0 Å². The van der Waals surface area contributed by atoms with Gasteiger partial charge in [0, 0.05) is 22.8 Å². The van der Waals surface area contributed by atoms with Crippen molar-refractivity contribution >= 4 is 32.5 Å². The number of nitrogens with zero attached hydrogens (tertiary/aromatic N) is 4.